The molecular weight excluding hydrogens is 360 g/mol. The van der Waals surface area contributed by atoms with Gasteiger partial charge in [0.1, 0.15) is 5.41 Å². The molecule has 2 N–H and O–H groups in total. The van der Waals surface area contributed by atoms with E-state index < -0.39 is 29.6 Å². The third-order valence-corrected chi connectivity index (χ3v) is 5.56. The first-order valence-corrected chi connectivity index (χ1v) is 11.0. The molecule has 0 aliphatic carbocycles. The summed E-state index contributed by atoms with van der Waals surface area (Å²) >= 11 is 0. The van der Waals surface area contributed by atoms with Crippen molar-refractivity contribution in [3.05, 3.63) is 0 Å². The Balaban J connectivity index is 4.91. The zero-order valence-corrected chi connectivity index (χ0v) is 18.4. The first-order valence-electron chi connectivity index (χ1n) is 11.0. The second kappa shape index (κ2) is 15.7. The normalized spacial score (nSPS) is 15.7. The number of aliphatic carboxylic acids is 2. The van der Waals surface area contributed by atoms with Crippen molar-refractivity contribution in [3.63, 3.8) is 0 Å². The molecule has 0 rings (SSSR count). The number of carboxylic acid groups (broad SMARTS) is 2. The molecule has 6 heteroatoms. The fraction of sp³-hybridized carbons (Fsp3) is 0.909. The van der Waals surface area contributed by atoms with E-state index in [-0.39, 0.29) is 6.42 Å². The van der Waals surface area contributed by atoms with Crippen molar-refractivity contribution in [3.8, 4) is 0 Å². The van der Waals surface area contributed by atoms with Crippen molar-refractivity contribution >= 4 is 11.9 Å². The molecule has 0 aliphatic rings. The second-order valence-electron chi connectivity index (χ2n) is 7.74. The summed E-state index contributed by atoms with van der Waals surface area (Å²) in [6.07, 6.45) is 7.77. The lowest BCUT2D eigenvalue weighted by Crippen LogP contribution is -2.51. The van der Waals surface area contributed by atoms with E-state index in [1.165, 1.54) is 0 Å². The summed E-state index contributed by atoms with van der Waals surface area (Å²) in [5.41, 5.74) is -1.07. The summed E-state index contributed by atoms with van der Waals surface area (Å²) in [5, 5.41) is 18.8. The quantitative estimate of drug-likeness (QED) is 0.285. The van der Waals surface area contributed by atoms with Crippen molar-refractivity contribution in [1.82, 2.24) is 0 Å². The molecule has 0 amide bonds. The van der Waals surface area contributed by atoms with Crippen LogP contribution in [0.15, 0.2) is 0 Å². The summed E-state index contributed by atoms with van der Waals surface area (Å²) in [7, 11) is 0. The minimum Gasteiger partial charge on any atom is -0.481 e. The molecule has 0 heterocycles. The molecule has 0 fully saturated rings. The van der Waals surface area contributed by atoms with Crippen molar-refractivity contribution in [2.45, 2.75) is 111 Å². The van der Waals surface area contributed by atoms with E-state index in [0.717, 1.165) is 51.4 Å². The number of carbonyl (C=O) groups is 2. The molecule has 0 aliphatic heterocycles. The van der Waals surface area contributed by atoms with Crippen LogP contribution in [0.3, 0.4) is 0 Å². The van der Waals surface area contributed by atoms with Gasteiger partial charge in [-0.05, 0) is 39.5 Å². The maximum Gasteiger partial charge on any atom is 0.314 e. The molecule has 166 valence electrons. The molecule has 2 atom stereocenters. The van der Waals surface area contributed by atoms with Gasteiger partial charge in [0.15, 0.2) is 0 Å². The van der Waals surface area contributed by atoms with Crippen molar-refractivity contribution < 1.29 is 29.3 Å². The number of ether oxygens (including phenoxy) is 2. The van der Waals surface area contributed by atoms with Crippen LogP contribution in [0.1, 0.15) is 98.3 Å². The van der Waals surface area contributed by atoms with E-state index in [9.17, 15) is 14.7 Å². The van der Waals surface area contributed by atoms with Crippen molar-refractivity contribution in [1.29, 1.82) is 0 Å². The molecule has 2 unspecified atom stereocenters. The summed E-state index contributed by atoms with van der Waals surface area (Å²) in [6.45, 7) is 9.00. The fourth-order valence-corrected chi connectivity index (χ4v) is 3.52. The molecule has 0 aromatic carbocycles. The Kier molecular flexibility index (Phi) is 15.1. The van der Waals surface area contributed by atoms with Crippen LogP contribution in [0.25, 0.3) is 0 Å². The van der Waals surface area contributed by atoms with Gasteiger partial charge in [-0.25, -0.2) is 0 Å². The summed E-state index contributed by atoms with van der Waals surface area (Å²) < 4.78 is 11.9. The Morgan fingerprint density at radius 3 is 1.68 bits per heavy atom. The van der Waals surface area contributed by atoms with E-state index in [1.54, 1.807) is 0 Å². The van der Waals surface area contributed by atoms with E-state index >= 15 is 0 Å². The fourth-order valence-electron chi connectivity index (χ4n) is 3.52. The number of carboxylic acids is 2. The number of unbranched alkanes of at least 4 members (excludes halogenated alkanes) is 6. The van der Waals surface area contributed by atoms with E-state index in [2.05, 4.69) is 13.8 Å². The molecule has 0 radical (unpaired) electrons. The Morgan fingerprint density at radius 2 is 1.25 bits per heavy atom. The zero-order valence-electron chi connectivity index (χ0n) is 18.4. The lowest BCUT2D eigenvalue weighted by molar-refractivity contribution is -0.178. The van der Waals surface area contributed by atoms with Crippen LogP contribution < -0.4 is 0 Å². The third kappa shape index (κ3) is 9.87. The van der Waals surface area contributed by atoms with Crippen LogP contribution in [0.5, 0.6) is 0 Å². The molecule has 0 spiro atoms. The van der Waals surface area contributed by atoms with Crippen LogP contribution in [-0.4, -0.2) is 47.6 Å². The molecule has 0 aromatic rings. The number of hydrogen-bond acceptors (Lipinski definition) is 4. The van der Waals surface area contributed by atoms with Gasteiger partial charge in [0, 0.05) is 19.6 Å². The van der Waals surface area contributed by atoms with E-state index in [0.29, 0.717) is 26.1 Å². The topological polar surface area (TPSA) is 93.1 Å². The minimum atomic E-state index is -1.07. The lowest BCUT2D eigenvalue weighted by Gasteiger charge is -2.40. The Labute approximate surface area is 171 Å². The zero-order chi connectivity index (χ0) is 21.4. The van der Waals surface area contributed by atoms with Crippen LogP contribution in [0.2, 0.25) is 0 Å². The second-order valence-corrected chi connectivity index (χ2v) is 7.74. The highest BCUT2D eigenvalue weighted by Crippen LogP contribution is 2.37. The third-order valence-electron chi connectivity index (χ3n) is 5.56. The van der Waals surface area contributed by atoms with Gasteiger partial charge in [-0.2, -0.15) is 0 Å². The van der Waals surface area contributed by atoms with Crippen LogP contribution in [-0.2, 0) is 19.1 Å². The van der Waals surface area contributed by atoms with Gasteiger partial charge in [-0.15, -0.1) is 0 Å². The lowest BCUT2D eigenvalue weighted by atomic mass is 9.73. The largest absolute Gasteiger partial charge is 0.481 e. The first kappa shape index (κ1) is 26.9. The van der Waals surface area contributed by atoms with Gasteiger partial charge >= 0.3 is 11.9 Å². The minimum absolute atomic E-state index is 0.198. The van der Waals surface area contributed by atoms with Gasteiger partial charge in [0.05, 0.1) is 12.2 Å². The standard InChI is InChI=1S/C22H42O6/c1-5-7-16-27-18(3)22(21(25)26,19(4)28-17-8-6-2)15-13-11-9-10-12-14-20(23)24/h18-19H,5-17H2,1-4H3,(H,23,24)(H,25,26). The molecule has 0 aromatic heterocycles. The average molecular weight is 403 g/mol. The Bertz CT molecular complexity index is 407. The average Bonchev–Trinajstić information content (AvgIpc) is 2.63. The number of hydrogen-bond donors (Lipinski definition) is 2. The van der Waals surface area contributed by atoms with E-state index in [1.807, 2.05) is 13.8 Å². The van der Waals surface area contributed by atoms with Crippen molar-refractivity contribution in [2.75, 3.05) is 13.2 Å². The maximum absolute atomic E-state index is 12.4. The van der Waals surface area contributed by atoms with Gasteiger partial charge in [-0.1, -0.05) is 52.4 Å². The molecular formula is C22H42O6. The molecule has 0 bridgehead atoms. The molecule has 0 saturated carbocycles. The molecule has 6 nitrogen and oxygen atoms in total. The first-order chi connectivity index (χ1) is 13.3. The van der Waals surface area contributed by atoms with Crippen LogP contribution in [0, 0.1) is 5.41 Å². The molecule has 28 heavy (non-hydrogen) atoms. The monoisotopic (exact) mass is 402 g/mol. The summed E-state index contributed by atoms with van der Waals surface area (Å²) in [5.74, 6) is -1.62. The van der Waals surface area contributed by atoms with Crippen LogP contribution in [0.4, 0.5) is 0 Å². The Morgan fingerprint density at radius 1 is 0.786 bits per heavy atom. The Hall–Kier alpha value is -1.14. The predicted octanol–water partition coefficient (Wildman–Crippen LogP) is 5.28. The van der Waals surface area contributed by atoms with Gasteiger partial charge in [0.25, 0.3) is 0 Å². The summed E-state index contributed by atoms with van der Waals surface area (Å²) in [4.78, 5) is 23.0. The van der Waals surface area contributed by atoms with Crippen molar-refractivity contribution in [2.24, 2.45) is 5.41 Å². The molecule has 0 saturated heterocycles. The van der Waals surface area contributed by atoms with Crippen LogP contribution >= 0.6 is 0 Å². The van der Waals surface area contributed by atoms with E-state index in [4.69, 9.17) is 14.6 Å². The SMILES string of the molecule is CCCCOC(C)C(CCCCCCCC(=O)O)(C(=O)O)C(C)OCCCC. The predicted molar refractivity (Wildman–Crippen MR) is 111 cm³/mol. The highest BCUT2D eigenvalue weighted by molar-refractivity contribution is 5.76. The smallest absolute Gasteiger partial charge is 0.314 e. The maximum atomic E-state index is 12.4. The van der Waals surface area contributed by atoms with Gasteiger partial charge in [-0.3, -0.25) is 9.59 Å². The highest BCUT2D eigenvalue weighted by atomic mass is 16.5. The number of rotatable bonds is 19. The highest BCUT2D eigenvalue weighted by Gasteiger charge is 2.49. The van der Waals surface area contributed by atoms with Gasteiger partial charge in [0.2, 0.25) is 0 Å². The summed E-state index contributed by atoms with van der Waals surface area (Å²) in [6, 6.07) is 0. The van der Waals surface area contributed by atoms with Gasteiger partial charge < -0.3 is 19.7 Å².